The second-order valence-corrected chi connectivity index (χ2v) is 8.17. The number of hydrogen-bond acceptors (Lipinski definition) is 4. The Morgan fingerprint density at radius 1 is 1.00 bits per heavy atom. The van der Waals surface area contributed by atoms with Crippen LogP contribution >= 0.6 is 15.2 Å². The summed E-state index contributed by atoms with van der Waals surface area (Å²) < 4.78 is 33.8. The highest BCUT2D eigenvalue weighted by molar-refractivity contribution is 7.57. The molecule has 0 bridgehead atoms. The van der Waals surface area contributed by atoms with Crippen LogP contribution in [0.25, 0.3) is 0 Å². The quantitative estimate of drug-likeness (QED) is 0.163. The highest BCUT2D eigenvalue weighted by Gasteiger charge is 2.25. The van der Waals surface area contributed by atoms with Gasteiger partial charge in [0.05, 0.1) is 13.2 Å². The first-order chi connectivity index (χ1) is 12.5. The monoisotopic (exact) mass is 420 g/mol. The van der Waals surface area contributed by atoms with Crippen LogP contribution in [0.1, 0.15) is 20.3 Å². The molecule has 10 heteroatoms. The maximum atomic E-state index is 11.5. The number of allylic oxidation sites excluding steroid dienone is 8. The first-order valence-electron chi connectivity index (χ1n) is 7.89. The topological polar surface area (TPSA) is 134 Å². The van der Waals surface area contributed by atoms with E-state index in [1.165, 1.54) is 36.5 Å². The number of hydrogen-bond donors (Lipinski definition) is 4. The Labute approximate surface area is 159 Å². The Morgan fingerprint density at radius 2 is 1.59 bits per heavy atom. The maximum Gasteiger partial charge on any atom is 0.359 e. The van der Waals surface area contributed by atoms with E-state index in [4.69, 9.17) is 9.47 Å². The summed E-state index contributed by atoms with van der Waals surface area (Å²) in [5, 5.41) is -0.572. The third-order valence-electron chi connectivity index (χ3n) is 2.98. The van der Waals surface area contributed by atoms with Crippen molar-refractivity contribution in [2.75, 3.05) is 13.2 Å². The highest BCUT2D eigenvalue weighted by Crippen LogP contribution is 2.49. The largest absolute Gasteiger partial charge is 0.493 e. The van der Waals surface area contributed by atoms with E-state index in [1.54, 1.807) is 13.8 Å². The molecule has 0 unspecified atom stereocenters. The second-order valence-electron chi connectivity index (χ2n) is 5.03. The lowest BCUT2D eigenvalue weighted by molar-refractivity contribution is 0.160. The number of rotatable bonds is 12. The van der Waals surface area contributed by atoms with Gasteiger partial charge in [-0.05, 0) is 38.2 Å². The Balaban J connectivity index is 4.97. The van der Waals surface area contributed by atoms with E-state index in [9.17, 15) is 28.7 Å². The Bertz CT molecular complexity index is 734. The van der Waals surface area contributed by atoms with Crippen molar-refractivity contribution in [3.05, 3.63) is 71.8 Å². The second kappa shape index (κ2) is 11.9. The fourth-order valence-electron chi connectivity index (χ4n) is 1.88. The minimum absolute atomic E-state index is 0.0209. The van der Waals surface area contributed by atoms with Crippen LogP contribution in [0.3, 0.4) is 0 Å². The molecule has 0 heterocycles. The van der Waals surface area contributed by atoms with Gasteiger partial charge in [-0.2, -0.15) is 0 Å². The molecule has 4 N–H and O–H groups in total. The zero-order valence-corrected chi connectivity index (χ0v) is 17.1. The predicted molar refractivity (Wildman–Crippen MR) is 105 cm³/mol. The van der Waals surface area contributed by atoms with Gasteiger partial charge in [-0.25, -0.2) is 0 Å². The molecule has 0 radical (unpaired) electrons. The van der Waals surface area contributed by atoms with Crippen LogP contribution in [0.4, 0.5) is 0 Å². The van der Waals surface area contributed by atoms with Crippen LogP contribution in [0.2, 0.25) is 0 Å². The van der Waals surface area contributed by atoms with Gasteiger partial charge in [0.1, 0.15) is 22.1 Å². The fraction of sp³-hybridized carbons (Fsp3) is 0.294. The first-order valence-corrected chi connectivity index (χ1v) is 11.1. The van der Waals surface area contributed by atoms with Gasteiger partial charge in [-0.3, -0.25) is 9.13 Å². The van der Waals surface area contributed by atoms with E-state index in [1.807, 2.05) is 0 Å². The van der Waals surface area contributed by atoms with Crippen molar-refractivity contribution >= 4 is 15.2 Å². The van der Waals surface area contributed by atoms with E-state index < -0.39 is 15.2 Å². The van der Waals surface area contributed by atoms with E-state index in [-0.39, 0.29) is 35.4 Å². The van der Waals surface area contributed by atoms with Gasteiger partial charge in [-0.1, -0.05) is 25.3 Å². The van der Waals surface area contributed by atoms with Crippen LogP contribution in [-0.2, 0) is 18.6 Å². The minimum atomic E-state index is -4.53. The van der Waals surface area contributed by atoms with Crippen LogP contribution in [0, 0.1) is 0 Å². The molecular formula is C17H26O8P2. The van der Waals surface area contributed by atoms with Gasteiger partial charge in [0.15, 0.2) is 0 Å². The van der Waals surface area contributed by atoms with Crippen LogP contribution in [0.15, 0.2) is 71.8 Å². The summed E-state index contributed by atoms with van der Waals surface area (Å²) in [5.74, 6) is -0.0253. The van der Waals surface area contributed by atoms with Crippen LogP contribution < -0.4 is 0 Å². The lowest BCUT2D eigenvalue weighted by atomic mass is 10.3. The molecule has 8 nitrogen and oxygen atoms in total. The molecule has 0 saturated heterocycles. The summed E-state index contributed by atoms with van der Waals surface area (Å²) in [6, 6.07) is 0. The van der Waals surface area contributed by atoms with E-state index in [0.29, 0.717) is 6.42 Å². The van der Waals surface area contributed by atoms with E-state index >= 15 is 0 Å². The van der Waals surface area contributed by atoms with Crippen LogP contribution in [0.5, 0.6) is 0 Å². The third kappa shape index (κ3) is 9.20. The van der Waals surface area contributed by atoms with Crippen molar-refractivity contribution in [1.29, 1.82) is 0 Å². The van der Waals surface area contributed by atoms with Crippen molar-refractivity contribution in [2.24, 2.45) is 0 Å². The Kier molecular flexibility index (Phi) is 11.2. The molecule has 0 amide bonds. The maximum absolute atomic E-state index is 11.5. The molecule has 0 rings (SSSR count). The zero-order chi connectivity index (χ0) is 21.1. The standard InChI is InChI=1S/C17H26O8P2/c1-5-10-16(26(18,19)20)14(7-3)24-12-9-13-25-15(8-4)17(11-6-2)27(21,22)23/h5-8,10-11H,1,4,9,12-13H2,2-3H3,(H2,18,19,20)(H2,21,22,23)/b11-6-,14-7+,16-10+,17-15-. The summed E-state index contributed by atoms with van der Waals surface area (Å²) in [6.45, 7) is 10.2. The summed E-state index contributed by atoms with van der Waals surface area (Å²) in [5.41, 5.74) is 0. The van der Waals surface area contributed by atoms with E-state index in [0.717, 1.165) is 0 Å². The normalized spacial score (nSPS) is 14.7. The molecule has 0 aliphatic heterocycles. The van der Waals surface area contributed by atoms with Gasteiger partial charge in [-0.15, -0.1) is 0 Å². The SMILES string of the molecule is C=C/C=C(\C(=C/C)OCCCO/C(C=C)=C(/C=C\C)P(=O)(O)O)P(=O)(O)O. The zero-order valence-electron chi connectivity index (χ0n) is 15.3. The lowest BCUT2D eigenvalue weighted by Crippen LogP contribution is -2.04. The molecule has 0 aliphatic rings. The lowest BCUT2D eigenvalue weighted by Gasteiger charge is -2.15. The minimum Gasteiger partial charge on any atom is -0.493 e. The van der Waals surface area contributed by atoms with Gasteiger partial charge in [0, 0.05) is 6.42 Å². The van der Waals surface area contributed by atoms with Crippen molar-refractivity contribution in [3.63, 3.8) is 0 Å². The molecule has 0 aliphatic carbocycles. The molecular weight excluding hydrogens is 394 g/mol. The summed E-state index contributed by atoms with van der Waals surface area (Å²) in [7, 11) is -9.06. The van der Waals surface area contributed by atoms with Crippen LogP contribution in [-0.4, -0.2) is 32.8 Å². The smallest absolute Gasteiger partial charge is 0.359 e. The molecule has 152 valence electrons. The molecule has 0 aromatic heterocycles. The predicted octanol–water partition coefficient (Wildman–Crippen LogP) is 3.71. The van der Waals surface area contributed by atoms with Gasteiger partial charge < -0.3 is 29.0 Å². The van der Waals surface area contributed by atoms with Crippen molar-refractivity contribution in [2.45, 2.75) is 20.3 Å². The fourth-order valence-corrected chi connectivity index (χ4v) is 3.45. The molecule has 0 aromatic rings. The van der Waals surface area contributed by atoms with Gasteiger partial charge in [0.25, 0.3) is 0 Å². The third-order valence-corrected chi connectivity index (χ3v) is 4.98. The molecule has 0 aromatic carbocycles. The molecule has 0 spiro atoms. The first kappa shape index (κ1) is 25.3. The van der Waals surface area contributed by atoms with Crippen molar-refractivity contribution in [1.82, 2.24) is 0 Å². The Morgan fingerprint density at radius 3 is 2.00 bits per heavy atom. The number of ether oxygens (including phenoxy) is 2. The summed E-state index contributed by atoms with van der Waals surface area (Å²) in [4.78, 5) is 37.4. The summed E-state index contributed by atoms with van der Waals surface area (Å²) >= 11 is 0. The summed E-state index contributed by atoms with van der Waals surface area (Å²) in [6.07, 6.45) is 8.05. The van der Waals surface area contributed by atoms with Gasteiger partial charge in [0.2, 0.25) is 0 Å². The van der Waals surface area contributed by atoms with E-state index in [2.05, 4.69) is 13.2 Å². The molecule has 27 heavy (non-hydrogen) atoms. The Hall–Kier alpha value is -1.66. The van der Waals surface area contributed by atoms with Crippen molar-refractivity contribution in [3.8, 4) is 0 Å². The van der Waals surface area contributed by atoms with Crippen molar-refractivity contribution < 1.29 is 38.2 Å². The molecule has 0 fully saturated rings. The average Bonchev–Trinajstić information content (AvgIpc) is 2.56. The van der Waals surface area contributed by atoms with Gasteiger partial charge >= 0.3 is 15.2 Å². The molecule has 0 atom stereocenters. The molecule has 0 saturated carbocycles. The highest BCUT2D eigenvalue weighted by atomic mass is 31.2. The average molecular weight is 420 g/mol.